The van der Waals surface area contributed by atoms with Crippen molar-refractivity contribution in [1.82, 2.24) is 4.57 Å². The average molecular weight is 442 g/mol. The fourth-order valence-electron chi connectivity index (χ4n) is 4.14. The van der Waals surface area contributed by atoms with Gasteiger partial charge in [0.25, 0.3) is 0 Å². The first-order chi connectivity index (χ1) is 16.0. The molecule has 33 heavy (non-hydrogen) atoms. The lowest BCUT2D eigenvalue weighted by atomic mass is 10.0. The summed E-state index contributed by atoms with van der Waals surface area (Å²) in [6, 6.07) is 25.3. The number of hydrogen-bond donors (Lipinski definition) is 0. The molecule has 0 fully saturated rings. The topological polar surface area (TPSA) is 40.5 Å². The van der Waals surface area contributed by atoms with E-state index in [1.807, 2.05) is 26.0 Å². The molecule has 0 bridgehead atoms. The Balaban J connectivity index is 1.67. The average Bonchev–Trinajstić information content (AvgIpc) is 3.20. The number of aromatic nitrogens is 1. The zero-order valence-corrected chi connectivity index (χ0v) is 19.6. The summed E-state index contributed by atoms with van der Waals surface area (Å²) >= 11 is 0. The molecule has 0 atom stereocenters. The maximum atomic E-state index is 11.6. The molecule has 0 aliphatic carbocycles. The van der Waals surface area contributed by atoms with Crippen LogP contribution in [0.4, 0.5) is 0 Å². The number of carbonyl (C=O) groups excluding carboxylic acids is 1. The van der Waals surface area contributed by atoms with Crippen LogP contribution in [0.3, 0.4) is 0 Å². The van der Waals surface area contributed by atoms with Crippen molar-refractivity contribution >= 4 is 16.9 Å². The number of rotatable bonds is 9. The lowest BCUT2D eigenvalue weighted by Gasteiger charge is -2.11. The zero-order valence-electron chi connectivity index (χ0n) is 19.6. The van der Waals surface area contributed by atoms with Crippen molar-refractivity contribution in [3.63, 3.8) is 0 Å². The number of ether oxygens (including phenoxy) is 2. The molecular formula is C29H31NO3. The molecule has 0 unspecified atom stereocenters. The van der Waals surface area contributed by atoms with E-state index in [1.165, 1.54) is 23.6 Å². The molecule has 1 aromatic heterocycles. The molecule has 1 heterocycles. The van der Waals surface area contributed by atoms with Crippen molar-refractivity contribution in [3.8, 4) is 11.4 Å². The zero-order chi connectivity index (χ0) is 23.2. The summed E-state index contributed by atoms with van der Waals surface area (Å²) < 4.78 is 12.9. The van der Waals surface area contributed by atoms with Gasteiger partial charge < -0.3 is 14.0 Å². The third-order valence-corrected chi connectivity index (χ3v) is 5.81. The first kappa shape index (κ1) is 22.7. The molecule has 0 spiro atoms. The Morgan fingerprint density at radius 3 is 2.33 bits per heavy atom. The molecule has 3 aromatic carbocycles. The lowest BCUT2D eigenvalue weighted by Crippen LogP contribution is -2.05. The Labute approximate surface area is 195 Å². The van der Waals surface area contributed by atoms with Crippen LogP contribution in [-0.4, -0.2) is 23.8 Å². The van der Waals surface area contributed by atoms with Crippen LogP contribution in [0.1, 0.15) is 37.0 Å². The van der Waals surface area contributed by atoms with Gasteiger partial charge in [-0.05, 0) is 86.2 Å². The fraction of sp³-hybridized carbons (Fsp3) is 0.276. The van der Waals surface area contributed by atoms with Gasteiger partial charge >= 0.3 is 5.97 Å². The number of benzene rings is 3. The van der Waals surface area contributed by atoms with Crippen molar-refractivity contribution in [2.24, 2.45) is 0 Å². The molecule has 0 N–H and O–H groups in total. The standard InChI is InChI=1S/C29H31NO3/c1-21(2)33-26-15-13-25(14-16-26)30-20-24(12-9-22-7-5-4-6-8-22)27-19-23(10-17-28(27)30)11-18-29(31)32-3/h4-8,10,13-17,19-21H,9,11-12,18H2,1-3H3. The Hall–Kier alpha value is -3.53. The largest absolute Gasteiger partial charge is 0.491 e. The van der Waals surface area contributed by atoms with E-state index in [9.17, 15) is 4.79 Å². The number of fused-ring (bicyclic) bond motifs is 1. The molecular weight excluding hydrogens is 410 g/mol. The quantitative estimate of drug-likeness (QED) is 0.286. The maximum absolute atomic E-state index is 11.6. The predicted molar refractivity (Wildman–Crippen MR) is 133 cm³/mol. The Morgan fingerprint density at radius 2 is 1.64 bits per heavy atom. The number of methoxy groups -OCH3 is 1. The Morgan fingerprint density at radius 1 is 0.879 bits per heavy atom. The van der Waals surface area contributed by atoms with Crippen LogP contribution in [-0.2, 0) is 28.8 Å². The molecule has 170 valence electrons. The van der Waals surface area contributed by atoms with E-state index in [0.29, 0.717) is 12.8 Å². The monoisotopic (exact) mass is 441 g/mol. The van der Waals surface area contributed by atoms with Crippen LogP contribution in [0, 0.1) is 0 Å². The Kier molecular flexibility index (Phi) is 7.13. The van der Waals surface area contributed by atoms with Gasteiger partial charge in [0.15, 0.2) is 0 Å². The summed E-state index contributed by atoms with van der Waals surface area (Å²) in [5, 5.41) is 1.23. The van der Waals surface area contributed by atoms with Crippen molar-refractivity contribution in [1.29, 1.82) is 0 Å². The number of hydrogen-bond acceptors (Lipinski definition) is 3. The van der Waals surface area contributed by atoms with Crippen LogP contribution in [0.25, 0.3) is 16.6 Å². The summed E-state index contributed by atoms with van der Waals surface area (Å²) in [6.45, 7) is 4.06. The van der Waals surface area contributed by atoms with Crippen LogP contribution in [0.5, 0.6) is 5.75 Å². The first-order valence-electron chi connectivity index (χ1n) is 11.5. The lowest BCUT2D eigenvalue weighted by molar-refractivity contribution is -0.140. The molecule has 0 radical (unpaired) electrons. The van der Waals surface area contributed by atoms with Crippen molar-refractivity contribution < 1.29 is 14.3 Å². The molecule has 0 aliphatic heterocycles. The van der Waals surface area contributed by atoms with Crippen molar-refractivity contribution in [3.05, 3.63) is 95.7 Å². The first-order valence-corrected chi connectivity index (χ1v) is 11.5. The molecule has 0 aliphatic rings. The number of nitrogens with zero attached hydrogens (tertiary/aromatic N) is 1. The van der Waals surface area contributed by atoms with E-state index >= 15 is 0 Å². The predicted octanol–water partition coefficient (Wildman–Crippen LogP) is 6.31. The molecule has 4 heteroatoms. The van der Waals surface area contributed by atoms with Gasteiger partial charge in [0.05, 0.1) is 18.7 Å². The van der Waals surface area contributed by atoms with Crippen molar-refractivity contribution in [2.75, 3.05) is 7.11 Å². The van der Waals surface area contributed by atoms with E-state index in [4.69, 9.17) is 9.47 Å². The second-order valence-electron chi connectivity index (χ2n) is 8.60. The molecule has 4 aromatic rings. The van der Waals surface area contributed by atoms with E-state index in [1.54, 1.807) is 0 Å². The summed E-state index contributed by atoms with van der Waals surface area (Å²) in [7, 11) is 1.44. The highest BCUT2D eigenvalue weighted by Gasteiger charge is 2.12. The van der Waals surface area contributed by atoms with Gasteiger partial charge in [0, 0.05) is 23.7 Å². The van der Waals surface area contributed by atoms with E-state index in [-0.39, 0.29) is 12.1 Å². The minimum atomic E-state index is -0.180. The molecule has 4 rings (SSSR count). The second-order valence-corrected chi connectivity index (χ2v) is 8.60. The highest BCUT2D eigenvalue weighted by molar-refractivity contribution is 5.86. The van der Waals surface area contributed by atoms with Crippen LogP contribution >= 0.6 is 0 Å². The van der Waals surface area contributed by atoms with Gasteiger partial charge in [-0.15, -0.1) is 0 Å². The molecule has 4 nitrogen and oxygen atoms in total. The van der Waals surface area contributed by atoms with E-state index in [2.05, 4.69) is 71.4 Å². The van der Waals surface area contributed by atoms with Crippen LogP contribution < -0.4 is 4.74 Å². The summed E-state index contributed by atoms with van der Waals surface area (Å²) in [6.07, 6.45) is 5.38. The number of esters is 1. The van der Waals surface area contributed by atoms with Gasteiger partial charge in [-0.25, -0.2) is 0 Å². The van der Waals surface area contributed by atoms with Crippen LogP contribution in [0.15, 0.2) is 79.0 Å². The van der Waals surface area contributed by atoms with Gasteiger partial charge in [-0.1, -0.05) is 36.4 Å². The maximum Gasteiger partial charge on any atom is 0.305 e. The summed E-state index contributed by atoms with van der Waals surface area (Å²) in [4.78, 5) is 11.6. The van der Waals surface area contributed by atoms with Gasteiger partial charge in [0.1, 0.15) is 5.75 Å². The number of aryl methyl sites for hydroxylation is 3. The second kappa shape index (κ2) is 10.4. The minimum Gasteiger partial charge on any atom is -0.491 e. The van der Waals surface area contributed by atoms with E-state index < -0.39 is 0 Å². The SMILES string of the molecule is COC(=O)CCc1ccc2c(c1)c(CCc1ccccc1)cn2-c1ccc(OC(C)C)cc1. The van der Waals surface area contributed by atoms with E-state index in [0.717, 1.165) is 35.4 Å². The number of carbonyl (C=O) groups is 1. The highest BCUT2D eigenvalue weighted by Crippen LogP contribution is 2.29. The normalized spacial score (nSPS) is 11.2. The summed E-state index contributed by atoms with van der Waals surface area (Å²) in [5.74, 6) is 0.695. The fourth-order valence-corrected chi connectivity index (χ4v) is 4.14. The third kappa shape index (κ3) is 5.64. The van der Waals surface area contributed by atoms with Gasteiger partial charge in [-0.2, -0.15) is 0 Å². The summed E-state index contributed by atoms with van der Waals surface area (Å²) in [5.41, 5.74) is 6.04. The molecule has 0 amide bonds. The van der Waals surface area contributed by atoms with Crippen LogP contribution in [0.2, 0.25) is 0 Å². The highest BCUT2D eigenvalue weighted by atomic mass is 16.5. The van der Waals surface area contributed by atoms with Crippen molar-refractivity contribution in [2.45, 2.75) is 45.6 Å². The van der Waals surface area contributed by atoms with Gasteiger partial charge in [-0.3, -0.25) is 4.79 Å². The molecule has 0 saturated carbocycles. The smallest absolute Gasteiger partial charge is 0.305 e. The third-order valence-electron chi connectivity index (χ3n) is 5.81. The Bertz CT molecular complexity index is 1210. The van der Waals surface area contributed by atoms with Gasteiger partial charge in [0.2, 0.25) is 0 Å². The molecule has 0 saturated heterocycles. The minimum absolute atomic E-state index is 0.149.